The molecule has 0 aliphatic heterocycles. The van der Waals surface area contributed by atoms with Crippen LogP contribution in [0.4, 0.5) is 5.69 Å². The molecule has 0 radical (unpaired) electrons. The summed E-state index contributed by atoms with van der Waals surface area (Å²) in [6.07, 6.45) is 0.937. The van der Waals surface area contributed by atoms with Gasteiger partial charge in [0.25, 0.3) is 5.91 Å². The van der Waals surface area contributed by atoms with Gasteiger partial charge in [0.2, 0.25) is 0 Å². The monoisotopic (exact) mass is 222 g/mol. The molecule has 1 amide bonds. The molecular weight excluding hydrogens is 204 g/mol. The molecule has 0 aromatic heterocycles. The molecule has 0 fully saturated rings. The van der Waals surface area contributed by atoms with Crippen molar-refractivity contribution in [3.8, 4) is 5.75 Å². The van der Waals surface area contributed by atoms with Crippen molar-refractivity contribution in [3.05, 3.63) is 23.8 Å². The van der Waals surface area contributed by atoms with Crippen molar-refractivity contribution in [2.45, 2.75) is 26.4 Å². The second kappa shape index (κ2) is 5.39. The highest BCUT2D eigenvalue weighted by Crippen LogP contribution is 2.23. The second-order valence-corrected chi connectivity index (χ2v) is 3.67. The molecule has 0 saturated carbocycles. The highest BCUT2D eigenvalue weighted by molar-refractivity contribution is 5.97. The van der Waals surface area contributed by atoms with Crippen LogP contribution in [0.5, 0.6) is 5.75 Å². The van der Waals surface area contributed by atoms with E-state index < -0.39 is 0 Å². The quantitative estimate of drug-likeness (QED) is 0.763. The Balaban J connectivity index is 3.03. The third kappa shape index (κ3) is 2.89. The van der Waals surface area contributed by atoms with Crippen molar-refractivity contribution in [1.29, 1.82) is 0 Å². The van der Waals surface area contributed by atoms with Gasteiger partial charge in [0.05, 0.1) is 11.7 Å². The zero-order valence-corrected chi connectivity index (χ0v) is 9.91. The van der Waals surface area contributed by atoms with Crippen molar-refractivity contribution in [2.24, 2.45) is 0 Å². The van der Waals surface area contributed by atoms with Crippen molar-refractivity contribution in [2.75, 3.05) is 12.8 Å². The van der Waals surface area contributed by atoms with Gasteiger partial charge in [0.1, 0.15) is 5.75 Å². The summed E-state index contributed by atoms with van der Waals surface area (Å²) in [5.41, 5.74) is 6.77. The van der Waals surface area contributed by atoms with Gasteiger partial charge >= 0.3 is 0 Å². The van der Waals surface area contributed by atoms with E-state index in [1.165, 1.54) is 0 Å². The number of rotatable bonds is 4. The number of benzene rings is 1. The van der Waals surface area contributed by atoms with E-state index in [2.05, 4.69) is 5.32 Å². The lowest BCUT2D eigenvalue weighted by atomic mass is 10.1. The predicted octanol–water partition coefficient (Wildman–Crippen LogP) is 1.81. The van der Waals surface area contributed by atoms with Gasteiger partial charge in [-0.2, -0.15) is 0 Å². The van der Waals surface area contributed by atoms with Crippen molar-refractivity contribution >= 4 is 11.6 Å². The summed E-state index contributed by atoms with van der Waals surface area (Å²) in [4.78, 5) is 11.6. The van der Waals surface area contributed by atoms with Crippen LogP contribution in [0.1, 0.15) is 30.6 Å². The van der Waals surface area contributed by atoms with E-state index in [0.29, 0.717) is 17.0 Å². The minimum atomic E-state index is -0.168. The van der Waals surface area contributed by atoms with Gasteiger partial charge in [-0.1, -0.05) is 6.92 Å². The van der Waals surface area contributed by atoms with Gasteiger partial charge in [0.15, 0.2) is 0 Å². The first-order chi connectivity index (χ1) is 7.58. The molecule has 88 valence electrons. The average molecular weight is 222 g/mol. The minimum Gasteiger partial charge on any atom is -0.490 e. The molecule has 1 unspecified atom stereocenters. The maximum atomic E-state index is 11.6. The zero-order chi connectivity index (χ0) is 12.1. The molecule has 4 nitrogen and oxygen atoms in total. The van der Waals surface area contributed by atoms with Crippen LogP contribution in [0, 0.1) is 0 Å². The van der Waals surface area contributed by atoms with E-state index in [-0.39, 0.29) is 12.0 Å². The number of nitrogens with two attached hydrogens (primary N) is 1. The van der Waals surface area contributed by atoms with E-state index in [9.17, 15) is 4.79 Å². The Bertz CT molecular complexity index is 377. The fraction of sp³-hybridized carbons (Fsp3) is 0.417. The van der Waals surface area contributed by atoms with Gasteiger partial charge in [-0.25, -0.2) is 0 Å². The molecule has 16 heavy (non-hydrogen) atoms. The normalized spacial score (nSPS) is 11.9. The van der Waals surface area contributed by atoms with Crippen LogP contribution in [-0.2, 0) is 0 Å². The maximum absolute atomic E-state index is 11.6. The molecule has 1 aromatic carbocycles. The van der Waals surface area contributed by atoms with E-state index in [4.69, 9.17) is 10.5 Å². The molecule has 4 heteroatoms. The summed E-state index contributed by atoms with van der Waals surface area (Å²) in [6.45, 7) is 3.98. The maximum Gasteiger partial charge on any atom is 0.254 e. The Morgan fingerprint density at radius 1 is 1.56 bits per heavy atom. The number of carbonyl (C=O) groups excluding carboxylic acids is 1. The predicted molar refractivity (Wildman–Crippen MR) is 64.6 cm³/mol. The summed E-state index contributed by atoms with van der Waals surface area (Å²) >= 11 is 0. The number of nitrogen functional groups attached to an aromatic ring is 1. The molecule has 0 saturated heterocycles. The van der Waals surface area contributed by atoms with Crippen molar-refractivity contribution in [1.82, 2.24) is 5.32 Å². The molecule has 3 N–H and O–H groups in total. The van der Waals surface area contributed by atoms with E-state index in [0.717, 1.165) is 6.42 Å². The molecule has 0 aliphatic rings. The Morgan fingerprint density at radius 3 is 2.81 bits per heavy atom. The van der Waals surface area contributed by atoms with Crippen LogP contribution < -0.4 is 15.8 Å². The standard InChI is InChI=1S/C12H18N2O2/c1-4-8(2)16-11-7-9(13)5-6-10(11)12(15)14-3/h5-8H,4,13H2,1-3H3,(H,14,15). The van der Waals surface area contributed by atoms with Gasteiger partial charge in [-0.05, 0) is 25.5 Å². The van der Waals surface area contributed by atoms with Crippen molar-refractivity contribution in [3.63, 3.8) is 0 Å². The topological polar surface area (TPSA) is 64.3 Å². The number of hydrogen-bond donors (Lipinski definition) is 2. The third-order valence-electron chi connectivity index (χ3n) is 2.38. The first-order valence-corrected chi connectivity index (χ1v) is 5.36. The van der Waals surface area contributed by atoms with Gasteiger partial charge < -0.3 is 15.8 Å². The first kappa shape index (κ1) is 12.4. The number of carbonyl (C=O) groups is 1. The number of ether oxygens (including phenoxy) is 1. The van der Waals surface area contributed by atoms with Gasteiger partial charge in [-0.3, -0.25) is 4.79 Å². The second-order valence-electron chi connectivity index (χ2n) is 3.67. The SMILES string of the molecule is CCC(C)Oc1cc(N)ccc1C(=O)NC. The number of hydrogen-bond acceptors (Lipinski definition) is 3. The minimum absolute atomic E-state index is 0.0604. The van der Waals surface area contributed by atoms with Crippen LogP contribution in [-0.4, -0.2) is 19.1 Å². The molecule has 0 spiro atoms. The number of nitrogens with one attached hydrogen (secondary N) is 1. The van der Waals surface area contributed by atoms with Crippen molar-refractivity contribution < 1.29 is 9.53 Å². The van der Waals surface area contributed by atoms with E-state index in [1.54, 1.807) is 25.2 Å². The molecule has 1 atom stereocenters. The molecule has 0 heterocycles. The lowest BCUT2D eigenvalue weighted by Gasteiger charge is -2.15. The Labute approximate surface area is 95.8 Å². The smallest absolute Gasteiger partial charge is 0.254 e. The summed E-state index contributed by atoms with van der Waals surface area (Å²) < 4.78 is 5.66. The van der Waals surface area contributed by atoms with Crippen LogP contribution in [0.25, 0.3) is 0 Å². The highest BCUT2D eigenvalue weighted by Gasteiger charge is 2.13. The van der Waals surface area contributed by atoms with Gasteiger partial charge in [0, 0.05) is 18.8 Å². The van der Waals surface area contributed by atoms with Crippen LogP contribution in [0.2, 0.25) is 0 Å². The fourth-order valence-corrected chi connectivity index (χ4v) is 1.26. The summed E-state index contributed by atoms with van der Waals surface area (Å²) in [5, 5.41) is 2.57. The Morgan fingerprint density at radius 2 is 2.25 bits per heavy atom. The van der Waals surface area contributed by atoms with Crippen LogP contribution >= 0.6 is 0 Å². The summed E-state index contributed by atoms with van der Waals surface area (Å²) in [6, 6.07) is 5.04. The molecule has 1 rings (SSSR count). The average Bonchev–Trinajstić information content (AvgIpc) is 2.28. The Hall–Kier alpha value is -1.71. The largest absolute Gasteiger partial charge is 0.490 e. The van der Waals surface area contributed by atoms with Gasteiger partial charge in [-0.15, -0.1) is 0 Å². The molecule has 0 bridgehead atoms. The summed E-state index contributed by atoms with van der Waals surface area (Å²) in [5.74, 6) is 0.368. The summed E-state index contributed by atoms with van der Waals surface area (Å²) in [7, 11) is 1.59. The lowest BCUT2D eigenvalue weighted by Crippen LogP contribution is -2.20. The molecule has 0 aliphatic carbocycles. The van der Waals surface area contributed by atoms with E-state index in [1.807, 2.05) is 13.8 Å². The number of anilines is 1. The lowest BCUT2D eigenvalue weighted by molar-refractivity contribution is 0.0956. The highest BCUT2D eigenvalue weighted by atomic mass is 16.5. The van der Waals surface area contributed by atoms with Crippen LogP contribution in [0.15, 0.2) is 18.2 Å². The fourth-order valence-electron chi connectivity index (χ4n) is 1.26. The molecule has 1 aromatic rings. The van der Waals surface area contributed by atoms with E-state index >= 15 is 0 Å². The molecular formula is C12H18N2O2. The third-order valence-corrected chi connectivity index (χ3v) is 2.38. The zero-order valence-electron chi connectivity index (χ0n) is 9.91. The number of amides is 1. The van der Waals surface area contributed by atoms with Crippen LogP contribution in [0.3, 0.4) is 0 Å². The first-order valence-electron chi connectivity index (χ1n) is 5.36. The Kier molecular flexibility index (Phi) is 4.17.